The van der Waals surface area contributed by atoms with Crippen molar-refractivity contribution in [2.24, 2.45) is 0 Å². The van der Waals surface area contributed by atoms with Crippen LogP contribution >= 0.6 is 11.8 Å². The second-order valence-corrected chi connectivity index (χ2v) is 5.35. The molecule has 3 nitrogen and oxygen atoms in total. The van der Waals surface area contributed by atoms with Crippen LogP contribution in [0.1, 0.15) is 17.5 Å². The number of aryl methyl sites for hydroxylation is 1. The number of fused-ring (bicyclic) bond motifs is 1. The minimum atomic E-state index is -0.936. The zero-order valence-corrected chi connectivity index (χ0v) is 11.1. The van der Waals surface area contributed by atoms with Gasteiger partial charge in [0.25, 0.3) is 0 Å². The van der Waals surface area contributed by atoms with Crippen LogP contribution in [0.25, 0.3) is 5.57 Å². The van der Waals surface area contributed by atoms with Crippen molar-refractivity contribution in [3.05, 3.63) is 35.4 Å². The first-order chi connectivity index (χ1) is 8.70. The number of carbonyl (C=O) groups is 1. The summed E-state index contributed by atoms with van der Waals surface area (Å²) in [5, 5.41) is 8.87. The molecule has 0 atom stereocenters. The number of benzene rings is 1. The van der Waals surface area contributed by atoms with Crippen molar-refractivity contribution in [2.45, 2.75) is 17.7 Å². The molecule has 0 aromatic heterocycles. The Bertz CT molecular complexity index is 480. The summed E-state index contributed by atoms with van der Waals surface area (Å²) in [5.74, 6) is 0.233. The molecule has 1 N–H and O–H groups in total. The van der Waals surface area contributed by atoms with Gasteiger partial charge in [-0.3, -0.25) is 0 Å². The Balaban J connectivity index is 2.33. The maximum atomic E-state index is 10.8. The first kappa shape index (κ1) is 13.2. The largest absolute Gasteiger partial charge is 0.478 e. The standard InChI is InChI=1S/C14H16O3S/c1-17-9-12(8-14(15)16)10-4-5-13-11(7-10)3-2-6-18-13/h4-5,7-8H,2-3,6,9H2,1H3,(H,15,16)/b12-8+. The molecule has 0 amide bonds. The smallest absolute Gasteiger partial charge is 0.328 e. The molecule has 0 saturated heterocycles. The third-order valence-electron chi connectivity index (χ3n) is 2.88. The Morgan fingerprint density at radius 3 is 3.11 bits per heavy atom. The van der Waals surface area contributed by atoms with Crippen LogP contribution in [0.2, 0.25) is 0 Å². The SMILES string of the molecule is COC/C(=C\C(=O)O)c1ccc2c(c1)CCCS2. The first-order valence-electron chi connectivity index (χ1n) is 5.89. The molecular formula is C14H16O3S. The number of carboxylic acids is 1. The fraction of sp³-hybridized carbons (Fsp3) is 0.357. The Kier molecular flexibility index (Phi) is 4.44. The topological polar surface area (TPSA) is 46.5 Å². The number of rotatable bonds is 4. The van der Waals surface area contributed by atoms with Gasteiger partial charge in [0.2, 0.25) is 0 Å². The van der Waals surface area contributed by atoms with Crippen molar-refractivity contribution in [1.29, 1.82) is 0 Å². The predicted octanol–water partition coefficient (Wildman–Crippen LogP) is 2.84. The van der Waals surface area contributed by atoms with E-state index in [-0.39, 0.29) is 0 Å². The van der Waals surface area contributed by atoms with Crippen LogP contribution in [0.4, 0.5) is 0 Å². The van der Waals surface area contributed by atoms with Gasteiger partial charge in [-0.05, 0) is 41.4 Å². The summed E-state index contributed by atoms with van der Waals surface area (Å²) in [6.45, 7) is 0.318. The lowest BCUT2D eigenvalue weighted by atomic mass is 10.0. The summed E-state index contributed by atoms with van der Waals surface area (Å²) >= 11 is 1.87. The highest BCUT2D eigenvalue weighted by Crippen LogP contribution is 2.32. The lowest BCUT2D eigenvalue weighted by Crippen LogP contribution is -2.02. The number of carboxylic acid groups (broad SMARTS) is 1. The van der Waals surface area contributed by atoms with Crippen LogP contribution in [0.3, 0.4) is 0 Å². The number of aliphatic carboxylic acids is 1. The second kappa shape index (κ2) is 6.07. The molecule has 1 aromatic rings. The van der Waals surface area contributed by atoms with Gasteiger partial charge in [0, 0.05) is 18.1 Å². The van der Waals surface area contributed by atoms with Crippen molar-refractivity contribution in [1.82, 2.24) is 0 Å². The fourth-order valence-corrected chi connectivity index (χ4v) is 3.09. The lowest BCUT2D eigenvalue weighted by Gasteiger charge is -2.16. The van der Waals surface area contributed by atoms with Crippen LogP contribution in [-0.2, 0) is 16.0 Å². The summed E-state index contributed by atoms with van der Waals surface area (Å²) < 4.78 is 5.07. The van der Waals surface area contributed by atoms with Gasteiger partial charge in [0.1, 0.15) is 0 Å². The van der Waals surface area contributed by atoms with Gasteiger partial charge in [0.15, 0.2) is 0 Å². The monoisotopic (exact) mass is 264 g/mol. The highest BCUT2D eigenvalue weighted by Gasteiger charge is 2.12. The summed E-state index contributed by atoms with van der Waals surface area (Å²) in [6.07, 6.45) is 3.48. The normalized spacial score (nSPS) is 15.3. The van der Waals surface area contributed by atoms with Crippen LogP contribution in [0.15, 0.2) is 29.2 Å². The summed E-state index contributed by atoms with van der Waals surface area (Å²) in [4.78, 5) is 12.1. The molecule has 0 bridgehead atoms. The van der Waals surface area contributed by atoms with E-state index in [0.29, 0.717) is 12.2 Å². The van der Waals surface area contributed by atoms with E-state index in [1.165, 1.54) is 28.7 Å². The molecule has 1 aromatic carbocycles. The number of hydrogen-bond acceptors (Lipinski definition) is 3. The van der Waals surface area contributed by atoms with Crippen molar-refractivity contribution in [3.63, 3.8) is 0 Å². The molecule has 0 saturated carbocycles. The molecule has 96 valence electrons. The molecule has 0 fully saturated rings. The highest BCUT2D eigenvalue weighted by molar-refractivity contribution is 7.99. The number of hydrogen-bond donors (Lipinski definition) is 1. The number of methoxy groups -OCH3 is 1. The predicted molar refractivity (Wildman–Crippen MR) is 73.0 cm³/mol. The minimum Gasteiger partial charge on any atom is -0.478 e. The van der Waals surface area contributed by atoms with Gasteiger partial charge in [0.05, 0.1) is 6.61 Å². The van der Waals surface area contributed by atoms with Crippen LogP contribution in [0, 0.1) is 0 Å². The van der Waals surface area contributed by atoms with Crippen LogP contribution in [-0.4, -0.2) is 30.5 Å². The Labute approximate surface area is 111 Å². The molecule has 0 spiro atoms. The molecule has 0 aliphatic carbocycles. The van der Waals surface area contributed by atoms with Crippen LogP contribution in [0.5, 0.6) is 0 Å². The van der Waals surface area contributed by atoms with E-state index in [4.69, 9.17) is 9.84 Å². The lowest BCUT2D eigenvalue weighted by molar-refractivity contribution is -0.131. The highest BCUT2D eigenvalue weighted by atomic mass is 32.2. The third-order valence-corrected chi connectivity index (χ3v) is 4.08. The van der Waals surface area contributed by atoms with Crippen molar-refractivity contribution in [2.75, 3.05) is 19.5 Å². The zero-order valence-electron chi connectivity index (χ0n) is 10.3. The Morgan fingerprint density at radius 1 is 1.56 bits per heavy atom. The van der Waals surface area contributed by atoms with E-state index >= 15 is 0 Å². The fourth-order valence-electron chi connectivity index (χ4n) is 2.07. The van der Waals surface area contributed by atoms with Gasteiger partial charge >= 0.3 is 5.97 Å². The van der Waals surface area contributed by atoms with E-state index in [1.54, 1.807) is 7.11 Å². The quantitative estimate of drug-likeness (QED) is 0.849. The van der Waals surface area contributed by atoms with Gasteiger partial charge < -0.3 is 9.84 Å². The third kappa shape index (κ3) is 3.15. The summed E-state index contributed by atoms with van der Waals surface area (Å²) in [6, 6.07) is 6.15. The number of thioether (sulfide) groups is 1. The first-order valence-corrected chi connectivity index (χ1v) is 6.88. The van der Waals surface area contributed by atoms with Gasteiger partial charge in [-0.15, -0.1) is 11.8 Å². The molecule has 1 aliphatic rings. The molecule has 0 unspecified atom stereocenters. The molecule has 2 rings (SSSR count). The average Bonchev–Trinajstić information content (AvgIpc) is 2.37. The van der Waals surface area contributed by atoms with Gasteiger partial charge in [-0.25, -0.2) is 4.79 Å². The maximum Gasteiger partial charge on any atom is 0.328 e. The maximum absolute atomic E-state index is 10.8. The van der Waals surface area contributed by atoms with Gasteiger partial charge in [-0.2, -0.15) is 0 Å². The molecule has 1 heterocycles. The molecule has 1 aliphatic heterocycles. The summed E-state index contributed by atoms with van der Waals surface area (Å²) in [5.41, 5.74) is 2.97. The molecule has 18 heavy (non-hydrogen) atoms. The van der Waals surface area contributed by atoms with E-state index < -0.39 is 5.97 Å². The Morgan fingerprint density at radius 2 is 2.39 bits per heavy atom. The van der Waals surface area contributed by atoms with Crippen molar-refractivity contribution in [3.8, 4) is 0 Å². The van der Waals surface area contributed by atoms with E-state index in [1.807, 2.05) is 17.8 Å². The number of ether oxygens (including phenoxy) is 1. The second-order valence-electron chi connectivity index (χ2n) is 4.22. The van der Waals surface area contributed by atoms with E-state index in [2.05, 4.69) is 12.1 Å². The average molecular weight is 264 g/mol. The van der Waals surface area contributed by atoms with E-state index in [0.717, 1.165) is 12.0 Å². The molecule has 4 heteroatoms. The molecule has 0 radical (unpaired) electrons. The Hall–Kier alpha value is -1.26. The van der Waals surface area contributed by atoms with Crippen molar-refractivity contribution < 1.29 is 14.6 Å². The van der Waals surface area contributed by atoms with Gasteiger partial charge in [-0.1, -0.05) is 12.1 Å². The summed E-state index contributed by atoms with van der Waals surface area (Å²) in [7, 11) is 1.57. The van der Waals surface area contributed by atoms with Crippen molar-refractivity contribution >= 4 is 23.3 Å². The molecular weight excluding hydrogens is 248 g/mol. The van der Waals surface area contributed by atoms with E-state index in [9.17, 15) is 4.79 Å². The van der Waals surface area contributed by atoms with Crippen LogP contribution < -0.4 is 0 Å². The minimum absolute atomic E-state index is 0.318. The zero-order chi connectivity index (χ0) is 13.0.